The predicted molar refractivity (Wildman–Crippen MR) is 90.9 cm³/mol. The van der Waals surface area contributed by atoms with E-state index in [1.807, 2.05) is 12.1 Å². The fourth-order valence-electron chi connectivity index (χ4n) is 3.16. The maximum absolute atomic E-state index is 12.5. The third kappa shape index (κ3) is 3.32. The summed E-state index contributed by atoms with van der Waals surface area (Å²) in [4.78, 5) is 33.9. The van der Waals surface area contributed by atoms with E-state index in [0.717, 1.165) is 18.4 Å². The highest BCUT2D eigenvalue weighted by atomic mass is 16.5. The van der Waals surface area contributed by atoms with Crippen molar-refractivity contribution in [3.63, 3.8) is 0 Å². The van der Waals surface area contributed by atoms with Crippen LogP contribution in [0.15, 0.2) is 34.2 Å². The Labute approximate surface area is 149 Å². The second-order valence-electron chi connectivity index (χ2n) is 6.36. The Morgan fingerprint density at radius 2 is 2.12 bits per heavy atom. The minimum absolute atomic E-state index is 0.104. The fourth-order valence-corrected chi connectivity index (χ4v) is 3.16. The zero-order chi connectivity index (χ0) is 17.9. The highest BCUT2D eigenvalue weighted by Crippen LogP contribution is 2.28. The Bertz CT molecular complexity index is 839. The summed E-state index contributed by atoms with van der Waals surface area (Å²) in [6.45, 7) is 1.21. The van der Waals surface area contributed by atoms with Crippen LogP contribution in [-0.2, 0) is 9.59 Å². The van der Waals surface area contributed by atoms with E-state index in [2.05, 4.69) is 25.7 Å². The van der Waals surface area contributed by atoms with E-state index >= 15 is 0 Å². The van der Waals surface area contributed by atoms with Crippen molar-refractivity contribution >= 4 is 17.5 Å². The molecular formula is C17H18N6O3. The van der Waals surface area contributed by atoms with Gasteiger partial charge in [-0.25, -0.2) is 5.43 Å². The third-order valence-electron chi connectivity index (χ3n) is 4.65. The summed E-state index contributed by atoms with van der Waals surface area (Å²) in [5.41, 5.74) is 3.58. The molecule has 0 radical (unpaired) electrons. The number of amides is 2. The maximum Gasteiger partial charge on any atom is 0.270 e. The number of nitrogens with one attached hydrogen (secondary N) is 1. The van der Waals surface area contributed by atoms with Gasteiger partial charge in [0.05, 0.1) is 5.56 Å². The number of aromatic nitrogens is 3. The molecule has 0 unspecified atom stereocenters. The smallest absolute Gasteiger partial charge is 0.270 e. The molecule has 0 atom stereocenters. The van der Waals surface area contributed by atoms with Crippen molar-refractivity contribution in [3.05, 3.63) is 30.4 Å². The number of carbonyl (C=O) groups is 2. The molecule has 1 N–H and O–H groups in total. The van der Waals surface area contributed by atoms with E-state index in [1.165, 1.54) is 0 Å². The van der Waals surface area contributed by atoms with Crippen molar-refractivity contribution in [1.29, 1.82) is 0 Å². The first-order chi connectivity index (χ1) is 12.7. The average molecular weight is 354 g/mol. The molecule has 2 amide bonds. The van der Waals surface area contributed by atoms with Crippen LogP contribution in [0.4, 0.5) is 0 Å². The first kappa shape index (κ1) is 16.4. The first-order valence-corrected chi connectivity index (χ1v) is 8.59. The van der Waals surface area contributed by atoms with Gasteiger partial charge in [-0.2, -0.15) is 10.1 Å². The monoisotopic (exact) mass is 354 g/mol. The zero-order valence-corrected chi connectivity index (χ0v) is 14.1. The van der Waals surface area contributed by atoms with Crippen molar-refractivity contribution < 1.29 is 14.1 Å². The Morgan fingerprint density at radius 3 is 2.81 bits per heavy atom. The molecule has 2 aromatic heterocycles. The predicted octanol–water partition coefficient (Wildman–Crippen LogP) is 1.10. The molecule has 0 saturated carbocycles. The highest BCUT2D eigenvalue weighted by molar-refractivity contribution is 6.39. The van der Waals surface area contributed by atoms with E-state index < -0.39 is 0 Å². The van der Waals surface area contributed by atoms with Crippen molar-refractivity contribution in [2.75, 3.05) is 13.1 Å². The fraction of sp³-hybridized carbons (Fsp3) is 0.412. The second kappa shape index (κ2) is 7.03. The lowest BCUT2D eigenvalue weighted by Crippen LogP contribution is -2.44. The van der Waals surface area contributed by atoms with Crippen LogP contribution in [0.5, 0.6) is 0 Å². The number of rotatable bonds is 3. The first-order valence-electron chi connectivity index (χ1n) is 8.59. The van der Waals surface area contributed by atoms with Gasteiger partial charge in [-0.1, -0.05) is 5.16 Å². The van der Waals surface area contributed by atoms with Gasteiger partial charge in [0, 0.05) is 44.2 Å². The number of carbonyl (C=O) groups excluding carboxylic acids is 2. The van der Waals surface area contributed by atoms with Gasteiger partial charge in [-0.15, -0.1) is 0 Å². The summed E-state index contributed by atoms with van der Waals surface area (Å²) in [5, 5.41) is 7.98. The van der Waals surface area contributed by atoms with Crippen molar-refractivity contribution in [3.8, 4) is 11.5 Å². The molecule has 1 saturated heterocycles. The van der Waals surface area contributed by atoms with E-state index in [1.54, 1.807) is 17.3 Å². The minimum Gasteiger partial charge on any atom is -0.337 e. The number of hydrogen-bond donors (Lipinski definition) is 1. The Kier molecular flexibility index (Phi) is 4.42. The van der Waals surface area contributed by atoms with E-state index in [0.29, 0.717) is 43.4 Å². The molecule has 2 aliphatic rings. The number of likely N-dealkylation sites (tertiary alicyclic amines) is 1. The van der Waals surface area contributed by atoms with E-state index in [4.69, 9.17) is 4.52 Å². The summed E-state index contributed by atoms with van der Waals surface area (Å²) in [5.74, 6) is 1.02. The average Bonchev–Trinajstić information content (AvgIpc) is 3.19. The molecule has 1 fully saturated rings. The van der Waals surface area contributed by atoms with Crippen LogP contribution < -0.4 is 5.43 Å². The van der Waals surface area contributed by atoms with Crippen LogP contribution in [0.25, 0.3) is 11.5 Å². The van der Waals surface area contributed by atoms with Crippen LogP contribution in [0.1, 0.15) is 37.4 Å². The van der Waals surface area contributed by atoms with Gasteiger partial charge in [0.25, 0.3) is 11.8 Å². The van der Waals surface area contributed by atoms with E-state index in [-0.39, 0.29) is 17.7 Å². The number of hydrogen-bond acceptors (Lipinski definition) is 7. The molecule has 0 bridgehead atoms. The van der Waals surface area contributed by atoms with Gasteiger partial charge in [-0.3, -0.25) is 14.6 Å². The lowest BCUT2D eigenvalue weighted by Gasteiger charge is -2.31. The molecule has 0 aromatic carbocycles. The molecule has 2 aliphatic heterocycles. The van der Waals surface area contributed by atoms with Crippen molar-refractivity contribution in [2.24, 2.45) is 5.10 Å². The van der Waals surface area contributed by atoms with Gasteiger partial charge in [0.15, 0.2) is 5.82 Å². The molecular weight excluding hydrogens is 336 g/mol. The minimum atomic E-state index is -0.151. The second-order valence-corrected chi connectivity index (χ2v) is 6.36. The van der Waals surface area contributed by atoms with Gasteiger partial charge in [0.1, 0.15) is 5.71 Å². The molecule has 9 nitrogen and oxygen atoms in total. The maximum atomic E-state index is 12.5. The Hall–Kier alpha value is -3.10. The third-order valence-corrected chi connectivity index (χ3v) is 4.65. The van der Waals surface area contributed by atoms with Gasteiger partial charge < -0.3 is 9.42 Å². The van der Waals surface area contributed by atoms with Gasteiger partial charge in [-0.05, 0) is 25.0 Å². The van der Waals surface area contributed by atoms with Crippen LogP contribution in [0, 0.1) is 0 Å². The van der Waals surface area contributed by atoms with Gasteiger partial charge >= 0.3 is 0 Å². The zero-order valence-electron chi connectivity index (χ0n) is 14.1. The topological polar surface area (TPSA) is 114 Å². The molecule has 26 heavy (non-hydrogen) atoms. The summed E-state index contributed by atoms with van der Waals surface area (Å²) >= 11 is 0. The standard InChI is InChI=1S/C17H18N6O3/c24-14-4-3-13(20-21-14)17(25)23-8-5-11(6-9-23)15-19-16(26-22-15)12-2-1-7-18-10-12/h1-2,7,10-11H,3-6,8-9H2,(H,21,24). The molecule has 134 valence electrons. The summed E-state index contributed by atoms with van der Waals surface area (Å²) in [7, 11) is 0. The summed E-state index contributed by atoms with van der Waals surface area (Å²) < 4.78 is 5.34. The van der Waals surface area contributed by atoms with Crippen LogP contribution in [0.2, 0.25) is 0 Å². The lowest BCUT2D eigenvalue weighted by atomic mass is 9.95. The van der Waals surface area contributed by atoms with E-state index in [9.17, 15) is 9.59 Å². The van der Waals surface area contributed by atoms with Gasteiger partial charge in [0.2, 0.25) is 5.91 Å². The van der Waals surface area contributed by atoms with Crippen molar-refractivity contribution in [1.82, 2.24) is 25.5 Å². The number of nitrogens with zero attached hydrogens (tertiary/aromatic N) is 5. The number of hydrazone groups is 1. The Balaban J connectivity index is 1.37. The lowest BCUT2D eigenvalue weighted by molar-refractivity contribution is -0.125. The summed E-state index contributed by atoms with van der Waals surface area (Å²) in [6, 6.07) is 3.69. The largest absolute Gasteiger partial charge is 0.337 e. The molecule has 4 heterocycles. The highest BCUT2D eigenvalue weighted by Gasteiger charge is 2.30. The molecule has 0 aliphatic carbocycles. The molecule has 0 spiro atoms. The van der Waals surface area contributed by atoms with Crippen LogP contribution >= 0.6 is 0 Å². The summed E-state index contributed by atoms with van der Waals surface area (Å²) in [6.07, 6.45) is 5.59. The normalized spacial score (nSPS) is 18.4. The van der Waals surface area contributed by atoms with Crippen LogP contribution in [-0.4, -0.2) is 50.6 Å². The molecule has 9 heteroatoms. The molecule has 2 aromatic rings. The van der Waals surface area contributed by atoms with Crippen LogP contribution in [0.3, 0.4) is 0 Å². The quantitative estimate of drug-likeness (QED) is 0.883. The number of pyridine rings is 1. The Morgan fingerprint density at radius 1 is 1.27 bits per heavy atom. The SMILES string of the molecule is O=C1CCC(C(=O)N2CCC(c3noc(-c4cccnc4)n3)CC2)=NN1. The van der Waals surface area contributed by atoms with Crippen molar-refractivity contribution in [2.45, 2.75) is 31.6 Å². The number of piperidine rings is 1. The molecule has 4 rings (SSSR count).